The molecule has 0 unspecified atom stereocenters. The summed E-state index contributed by atoms with van der Waals surface area (Å²) < 4.78 is 0. The fraction of sp³-hybridized carbons (Fsp3) is 1.00. The van der Waals surface area contributed by atoms with Crippen LogP contribution in [0.5, 0.6) is 0 Å². The zero-order chi connectivity index (χ0) is 7.82. The molecule has 0 aliphatic heterocycles. The van der Waals surface area contributed by atoms with Gasteiger partial charge in [-0.3, -0.25) is 0 Å². The Labute approximate surface area is 69.8 Å². The molecule has 0 saturated heterocycles. The van der Waals surface area contributed by atoms with Gasteiger partial charge in [0, 0.05) is 5.25 Å². The average molecular weight is 160 g/mol. The van der Waals surface area contributed by atoms with E-state index in [1.807, 2.05) is 25.6 Å². The van der Waals surface area contributed by atoms with E-state index in [1.54, 1.807) is 0 Å². The quantitative estimate of drug-likeness (QED) is 0.563. The van der Waals surface area contributed by atoms with E-state index in [1.165, 1.54) is 32.1 Å². The van der Waals surface area contributed by atoms with Gasteiger partial charge >= 0.3 is 0 Å². The number of rotatable bonds is 1. The van der Waals surface area contributed by atoms with Gasteiger partial charge in [0.2, 0.25) is 0 Å². The molecule has 0 amide bonds. The second kappa shape index (κ2) is 7.46. The van der Waals surface area contributed by atoms with Crippen molar-refractivity contribution < 1.29 is 0 Å². The van der Waals surface area contributed by atoms with E-state index >= 15 is 0 Å². The van der Waals surface area contributed by atoms with E-state index in [9.17, 15) is 0 Å². The van der Waals surface area contributed by atoms with Gasteiger partial charge in [0.15, 0.2) is 0 Å². The molecule has 0 N–H and O–H groups in total. The fourth-order valence-electron chi connectivity index (χ4n) is 1.30. The normalized spacial score (nSPS) is 19.5. The summed E-state index contributed by atoms with van der Waals surface area (Å²) in [5.41, 5.74) is 0. The highest BCUT2D eigenvalue weighted by molar-refractivity contribution is 7.99. The molecule has 0 aromatic carbocycles. The highest BCUT2D eigenvalue weighted by Crippen LogP contribution is 2.25. The first kappa shape index (κ1) is 10.3. The van der Waals surface area contributed by atoms with Crippen LogP contribution in [0.25, 0.3) is 0 Å². The average Bonchev–Trinajstić information content (AvgIpc) is 2.10. The van der Waals surface area contributed by atoms with Gasteiger partial charge in [-0.2, -0.15) is 11.8 Å². The Hall–Kier alpha value is 0.350. The smallest absolute Gasteiger partial charge is 0.00442 e. The molecule has 0 aromatic heterocycles. The van der Waals surface area contributed by atoms with Crippen LogP contribution in [0.3, 0.4) is 0 Å². The third-order valence-electron chi connectivity index (χ3n) is 1.89. The van der Waals surface area contributed by atoms with E-state index in [4.69, 9.17) is 0 Å². The van der Waals surface area contributed by atoms with Gasteiger partial charge in [-0.15, -0.1) is 0 Å². The van der Waals surface area contributed by atoms with Crippen molar-refractivity contribution in [1.29, 1.82) is 0 Å². The van der Waals surface area contributed by atoms with Crippen LogP contribution in [-0.4, -0.2) is 11.5 Å². The Balaban J connectivity index is 0.000000371. The maximum absolute atomic E-state index is 2.23. The molecule has 0 nitrogen and oxygen atoms in total. The summed E-state index contributed by atoms with van der Waals surface area (Å²) in [6.07, 6.45) is 9.62. The summed E-state index contributed by atoms with van der Waals surface area (Å²) in [7, 11) is 0. The highest BCUT2D eigenvalue weighted by atomic mass is 32.2. The van der Waals surface area contributed by atoms with Gasteiger partial charge in [-0.25, -0.2) is 0 Å². The van der Waals surface area contributed by atoms with Gasteiger partial charge in [-0.1, -0.05) is 33.1 Å². The van der Waals surface area contributed by atoms with Crippen LogP contribution in [-0.2, 0) is 0 Å². The molecule has 0 aromatic rings. The standard InChI is InChI=1S/C7H14S.C2H6/c1-8-7-5-3-2-4-6-7;1-2/h7H,2-6H2,1H3;1-2H3. The van der Waals surface area contributed by atoms with Crippen LogP contribution >= 0.6 is 11.8 Å². The summed E-state index contributed by atoms with van der Waals surface area (Å²) in [5.74, 6) is 0. The molecule has 0 spiro atoms. The third kappa shape index (κ3) is 4.21. The van der Waals surface area contributed by atoms with Crippen molar-refractivity contribution in [1.82, 2.24) is 0 Å². The molecule has 0 bridgehead atoms. The second-order valence-corrected chi connectivity index (χ2v) is 3.63. The minimum absolute atomic E-state index is 1.00. The monoisotopic (exact) mass is 160 g/mol. The fourth-order valence-corrected chi connectivity index (χ4v) is 2.11. The minimum atomic E-state index is 1.00. The van der Waals surface area contributed by atoms with Crippen molar-refractivity contribution in [3.8, 4) is 0 Å². The van der Waals surface area contributed by atoms with Crippen molar-refractivity contribution in [2.24, 2.45) is 0 Å². The van der Waals surface area contributed by atoms with Crippen LogP contribution in [0, 0.1) is 0 Å². The predicted octanol–water partition coefficient (Wildman–Crippen LogP) is 3.71. The Morgan fingerprint density at radius 3 is 1.80 bits per heavy atom. The van der Waals surface area contributed by atoms with Crippen molar-refractivity contribution in [3.05, 3.63) is 0 Å². The zero-order valence-corrected chi connectivity index (χ0v) is 8.34. The maximum atomic E-state index is 2.23. The molecule has 1 heteroatoms. The summed E-state index contributed by atoms with van der Waals surface area (Å²) >= 11 is 2.05. The molecule has 1 rings (SSSR count). The Morgan fingerprint density at radius 1 is 1.00 bits per heavy atom. The second-order valence-electron chi connectivity index (χ2n) is 2.50. The van der Waals surface area contributed by atoms with Gasteiger partial charge in [0.1, 0.15) is 0 Å². The molecule has 1 saturated carbocycles. The van der Waals surface area contributed by atoms with Gasteiger partial charge in [0.05, 0.1) is 0 Å². The van der Waals surface area contributed by atoms with E-state index in [-0.39, 0.29) is 0 Å². The maximum Gasteiger partial charge on any atom is 0.00442 e. The molecule has 1 fully saturated rings. The van der Waals surface area contributed by atoms with E-state index in [0.717, 1.165) is 5.25 Å². The van der Waals surface area contributed by atoms with Crippen LogP contribution in [0.1, 0.15) is 46.0 Å². The van der Waals surface area contributed by atoms with Crippen LogP contribution in [0.4, 0.5) is 0 Å². The van der Waals surface area contributed by atoms with Crippen molar-refractivity contribution in [2.75, 3.05) is 6.26 Å². The van der Waals surface area contributed by atoms with E-state index in [2.05, 4.69) is 6.26 Å². The van der Waals surface area contributed by atoms with Crippen LogP contribution in [0.2, 0.25) is 0 Å². The van der Waals surface area contributed by atoms with E-state index < -0.39 is 0 Å². The topological polar surface area (TPSA) is 0 Å². The van der Waals surface area contributed by atoms with Gasteiger partial charge < -0.3 is 0 Å². The molecule has 1 aliphatic carbocycles. The first-order valence-corrected chi connectivity index (χ1v) is 5.75. The summed E-state index contributed by atoms with van der Waals surface area (Å²) in [4.78, 5) is 0. The van der Waals surface area contributed by atoms with Crippen molar-refractivity contribution >= 4 is 11.8 Å². The summed E-state index contributed by atoms with van der Waals surface area (Å²) in [6.45, 7) is 4.00. The molecular weight excluding hydrogens is 140 g/mol. The Morgan fingerprint density at radius 2 is 1.50 bits per heavy atom. The number of thioether (sulfide) groups is 1. The summed E-state index contributed by atoms with van der Waals surface area (Å²) in [6, 6.07) is 0. The number of hydrogen-bond donors (Lipinski definition) is 0. The lowest BCUT2D eigenvalue weighted by molar-refractivity contribution is 0.516. The SMILES string of the molecule is CC.CSC1CCCCC1. The van der Waals surface area contributed by atoms with Crippen molar-refractivity contribution in [2.45, 2.75) is 51.2 Å². The van der Waals surface area contributed by atoms with Crippen molar-refractivity contribution in [3.63, 3.8) is 0 Å². The van der Waals surface area contributed by atoms with Gasteiger partial charge in [0.25, 0.3) is 0 Å². The molecule has 0 heterocycles. The third-order valence-corrected chi connectivity index (χ3v) is 3.02. The van der Waals surface area contributed by atoms with Crippen LogP contribution in [0.15, 0.2) is 0 Å². The molecule has 62 valence electrons. The Bertz CT molecular complexity index is 55.7. The zero-order valence-electron chi connectivity index (χ0n) is 7.52. The first-order valence-electron chi connectivity index (χ1n) is 4.46. The molecule has 10 heavy (non-hydrogen) atoms. The Kier molecular flexibility index (Phi) is 7.72. The lowest BCUT2D eigenvalue weighted by atomic mass is 10.0. The largest absolute Gasteiger partial charge is 0.162 e. The lowest BCUT2D eigenvalue weighted by Gasteiger charge is -2.18. The number of hydrogen-bond acceptors (Lipinski definition) is 1. The predicted molar refractivity (Wildman–Crippen MR) is 51.7 cm³/mol. The van der Waals surface area contributed by atoms with Gasteiger partial charge in [-0.05, 0) is 19.1 Å². The van der Waals surface area contributed by atoms with Crippen LogP contribution < -0.4 is 0 Å². The lowest BCUT2D eigenvalue weighted by Crippen LogP contribution is -2.06. The first-order chi connectivity index (χ1) is 4.93. The molecule has 0 atom stereocenters. The molecule has 1 aliphatic rings. The van der Waals surface area contributed by atoms with E-state index in [0.29, 0.717) is 0 Å². The molecule has 0 radical (unpaired) electrons. The minimum Gasteiger partial charge on any atom is -0.162 e. The highest BCUT2D eigenvalue weighted by Gasteiger charge is 2.10. The summed E-state index contributed by atoms with van der Waals surface area (Å²) in [5, 5.41) is 1.00. The molecular formula is C9H20S.